The van der Waals surface area contributed by atoms with Crippen molar-refractivity contribution in [3.8, 4) is 11.1 Å². The van der Waals surface area contributed by atoms with Gasteiger partial charge in [0.05, 0.1) is 5.52 Å². The zero-order chi connectivity index (χ0) is 17.1. The number of carbonyl (C=O) groups excluding carboxylic acids is 1. The number of anilines is 2. The van der Waals surface area contributed by atoms with Crippen LogP contribution in [0.5, 0.6) is 0 Å². The van der Waals surface area contributed by atoms with Crippen LogP contribution >= 0.6 is 0 Å². The van der Waals surface area contributed by atoms with Crippen molar-refractivity contribution in [2.45, 2.75) is 0 Å². The third-order valence-corrected chi connectivity index (χ3v) is 3.71. The van der Waals surface area contributed by atoms with E-state index in [9.17, 15) is 9.18 Å². The summed E-state index contributed by atoms with van der Waals surface area (Å²) >= 11 is 0. The Morgan fingerprint density at radius 1 is 1.12 bits per heavy atom. The van der Waals surface area contributed by atoms with Gasteiger partial charge in [0.2, 0.25) is 0 Å². The monoisotopic (exact) mass is 321 g/mol. The molecule has 0 saturated carbocycles. The summed E-state index contributed by atoms with van der Waals surface area (Å²) in [6.45, 7) is 2.99. The number of nitrogens with one attached hydrogen (secondary N) is 2. The summed E-state index contributed by atoms with van der Waals surface area (Å²) in [5, 5.41) is 6.63. The SMILES string of the molecule is C=C(F)C(=O)Nc1cccc(-c2ccc3nccc(NC)c3c2)c1. The van der Waals surface area contributed by atoms with Gasteiger partial charge in [-0.15, -0.1) is 0 Å². The standard InChI is InChI=1S/C19H16FN3O/c1-12(20)19(24)23-15-5-3-4-13(10-15)14-6-7-18-16(11-14)17(21-2)8-9-22-18/h3-11H,1H2,2H3,(H,21,22)(H,23,24). The predicted octanol–water partition coefficient (Wildman–Crippen LogP) is 4.37. The third-order valence-electron chi connectivity index (χ3n) is 3.71. The molecule has 0 aliphatic carbocycles. The number of amides is 1. The lowest BCUT2D eigenvalue weighted by molar-refractivity contribution is -0.114. The van der Waals surface area contributed by atoms with E-state index in [0.717, 1.165) is 27.7 Å². The van der Waals surface area contributed by atoms with E-state index in [2.05, 4.69) is 22.2 Å². The summed E-state index contributed by atoms with van der Waals surface area (Å²) in [5.74, 6) is -1.86. The van der Waals surface area contributed by atoms with Crippen LogP contribution in [0.15, 0.2) is 67.1 Å². The highest BCUT2D eigenvalue weighted by Gasteiger charge is 2.08. The van der Waals surface area contributed by atoms with Crippen molar-refractivity contribution in [3.63, 3.8) is 0 Å². The molecule has 2 N–H and O–H groups in total. The lowest BCUT2D eigenvalue weighted by atomic mass is 10.0. The Morgan fingerprint density at radius 2 is 1.92 bits per heavy atom. The van der Waals surface area contributed by atoms with Crippen LogP contribution in [-0.2, 0) is 4.79 Å². The number of carbonyl (C=O) groups is 1. The van der Waals surface area contributed by atoms with Crippen molar-refractivity contribution in [1.82, 2.24) is 4.98 Å². The van der Waals surface area contributed by atoms with E-state index in [0.29, 0.717) is 5.69 Å². The van der Waals surface area contributed by atoms with Crippen molar-refractivity contribution in [3.05, 3.63) is 67.1 Å². The maximum Gasteiger partial charge on any atom is 0.283 e. The van der Waals surface area contributed by atoms with Crippen LogP contribution in [0.4, 0.5) is 15.8 Å². The fraction of sp³-hybridized carbons (Fsp3) is 0.0526. The highest BCUT2D eigenvalue weighted by atomic mass is 19.1. The highest BCUT2D eigenvalue weighted by Crippen LogP contribution is 2.29. The van der Waals surface area contributed by atoms with Crippen LogP contribution in [0.1, 0.15) is 0 Å². The molecule has 3 rings (SSSR count). The number of hydrogen-bond donors (Lipinski definition) is 2. The number of rotatable bonds is 4. The van der Waals surface area contributed by atoms with Crippen molar-refractivity contribution < 1.29 is 9.18 Å². The molecule has 2 aromatic carbocycles. The number of aromatic nitrogens is 1. The molecular formula is C19H16FN3O. The van der Waals surface area contributed by atoms with E-state index in [4.69, 9.17) is 0 Å². The van der Waals surface area contributed by atoms with Gasteiger partial charge in [0.15, 0.2) is 5.83 Å². The molecule has 120 valence electrons. The van der Waals surface area contributed by atoms with Crippen LogP contribution in [-0.4, -0.2) is 17.9 Å². The smallest absolute Gasteiger partial charge is 0.283 e. The zero-order valence-electron chi connectivity index (χ0n) is 13.1. The van der Waals surface area contributed by atoms with Gasteiger partial charge >= 0.3 is 0 Å². The molecule has 3 aromatic rings. The van der Waals surface area contributed by atoms with E-state index < -0.39 is 11.7 Å². The van der Waals surface area contributed by atoms with Gasteiger partial charge in [0, 0.05) is 30.0 Å². The van der Waals surface area contributed by atoms with Crippen LogP contribution in [0.2, 0.25) is 0 Å². The van der Waals surface area contributed by atoms with Gasteiger partial charge in [-0.2, -0.15) is 0 Å². The topological polar surface area (TPSA) is 54.0 Å². The maximum atomic E-state index is 12.8. The molecule has 0 aliphatic heterocycles. The second kappa shape index (κ2) is 6.50. The van der Waals surface area contributed by atoms with Gasteiger partial charge in [-0.05, 0) is 41.5 Å². The maximum absolute atomic E-state index is 12.8. The molecule has 0 unspecified atom stereocenters. The van der Waals surface area contributed by atoms with Gasteiger partial charge in [-0.25, -0.2) is 4.39 Å². The van der Waals surface area contributed by atoms with E-state index in [1.54, 1.807) is 24.4 Å². The van der Waals surface area contributed by atoms with Crippen molar-refractivity contribution >= 4 is 28.2 Å². The van der Waals surface area contributed by atoms with E-state index in [-0.39, 0.29) is 0 Å². The van der Waals surface area contributed by atoms with Gasteiger partial charge in [0.25, 0.3) is 5.91 Å². The molecule has 0 spiro atoms. The van der Waals surface area contributed by atoms with Crippen molar-refractivity contribution in [2.24, 2.45) is 0 Å². The molecule has 1 aromatic heterocycles. The Balaban J connectivity index is 2.01. The fourth-order valence-electron chi connectivity index (χ4n) is 2.52. The molecule has 1 heterocycles. The molecule has 0 aliphatic rings. The molecule has 0 radical (unpaired) electrons. The molecule has 0 fully saturated rings. The summed E-state index contributed by atoms with van der Waals surface area (Å²) in [6.07, 6.45) is 1.76. The van der Waals surface area contributed by atoms with Crippen LogP contribution < -0.4 is 10.6 Å². The minimum atomic E-state index is -1.02. The first-order valence-corrected chi connectivity index (χ1v) is 7.41. The molecule has 24 heavy (non-hydrogen) atoms. The van der Waals surface area contributed by atoms with Gasteiger partial charge in [-0.1, -0.05) is 24.8 Å². The molecule has 4 nitrogen and oxygen atoms in total. The average molecular weight is 321 g/mol. The Bertz CT molecular complexity index is 937. The van der Waals surface area contributed by atoms with Crippen LogP contribution in [0.25, 0.3) is 22.0 Å². The third kappa shape index (κ3) is 3.10. The first kappa shape index (κ1) is 15.7. The van der Waals surface area contributed by atoms with E-state index >= 15 is 0 Å². The van der Waals surface area contributed by atoms with E-state index in [1.165, 1.54) is 0 Å². The Labute approximate surface area is 139 Å². The predicted molar refractivity (Wildman–Crippen MR) is 95.6 cm³/mol. The number of nitrogens with zero attached hydrogens (tertiary/aromatic N) is 1. The Hall–Kier alpha value is -3.21. The van der Waals surface area contributed by atoms with Crippen molar-refractivity contribution in [2.75, 3.05) is 17.7 Å². The van der Waals surface area contributed by atoms with Gasteiger partial charge in [-0.3, -0.25) is 9.78 Å². The summed E-state index contributed by atoms with van der Waals surface area (Å²) in [5.41, 5.74) is 4.27. The van der Waals surface area contributed by atoms with Crippen LogP contribution in [0.3, 0.4) is 0 Å². The summed E-state index contributed by atoms with van der Waals surface area (Å²) in [4.78, 5) is 15.8. The molecule has 5 heteroatoms. The minimum Gasteiger partial charge on any atom is -0.388 e. The summed E-state index contributed by atoms with van der Waals surface area (Å²) < 4.78 is 12.8. The second-order valence-corrected chi connectivity index (χ2v) is 5.28. The highest BCUT2D eigenvalue weighted by molar-refractivity contribution is 6.02. The summed E-state index contributed by atoms with van der Waals surface area (Å²) in [7, 11) is 1.86. The lowest BCUT2D eigenvalue weighted by Crippen LogP contribution is -2.10. The molecule has 0 atom stereocenters. The first-order chi connectivity index (χ1) is 11.6. The second-order valence-electron chi connectivity index (χ2n) is 5.28. The number of halogens is 1. The lowest BCUT2D eigenvalue weighted by Gasteiger charge is -2.09. The fourth-order valence-corrected chi connectivity index (χ4v) is 2.52. The largest absolute Gasteiger partial charge is 0.388 e. The molecule has 0 bridgehead atoms. The number of pyridine rings is 1. The molecular weight excluding hydrogens is 305 g/mol. The van der Waals surface area contributed by atoms with E-state index in [1.807, 2.05) is 37.4 Å². The minimum absolute atomic E-state index is 0.511. The number of hydrogen-bond acceptors (Lipinski definition) is 3. The normalized spacial score (nSPS) is 10.4. The quantitative estimate of drug-likeness (QED) is 0.702. The number of benzene rings is 2. The Kier molecular flexibility index (Phi) is 4.24. The zero-order valence-corrected chi connectivity index (χ0v) is 13.1. The molecule has 1 amide bonds. The van der Waals surface area contributed by atoms with Gasteiger partial charge < -0.3 is 10.6 Å². The molecule has 0 saturated heterocycles. The van der Waals surface area contributed by atoms with Gasteiger partial charge in [0.1, 0.15) is 0 Å². The first-order valence-electron chi connectivity index (χ1n) is 7.41. The summed E-state index contributed by atoms with van der Waals surface area (Å²) in [6, 6.07) is 15.1. The average Bonchev–Trinajstić information content (AvgIpc) is 2.60. The van der Waals surface area contributed by atoms with Crippen molar-refractivity contribution in [1.29, 1.82) is 0 Å². The Morgan fingerprint density at radius 3 is 2.67 bits per heavy atom. The number of fused-ring (bicyclic) bond motifs is 1. The van der Waals surface area contributed by atoms with Crippen LogP contribution in [0, 0.1) is 0 Å².